The molecule has 0 aliphatic carbocycles. The van der Waals surface area contributed by atoms with E-state index in [9.17, 15) is 0 Å². The monoisotopic (exact) mass is 705 g/mol. The molecule has 54 heavy (non-hydrogen) atoms. The van der Waals surface area contributed by atoms with Gasteiger partial charge in [0.15, 0.2) is 0 Å². The summed E-state index contributed by atoms with van der Waals surface area (Å²) in [6.07, 6.45) is 0. The minimum Gasteiger partial charge on any atom is -0.310 e. The number of anilines is 3. The van der Waals surface area contributed by atoms with Crippen molar-refractivity contribution in [3.8, 4) is 44.5 Å². The topological polar surface area (TPSA) is 3.24 Å². The minimum absolute atomic E-state index is 1.11. The van der Waals surface area contributed by atoms with Gasteiger partial charge in [-0.15, -0.1) is 0 Å². The van der Waals surface area contributed by atoms with Gasteiger partial charge in [-0.3, -0.25) is 0 Å². The van der Waals surface area contributed by atoms with E-state index in [0.717, 1.165) is 17.1 Å². The molecule has 1 aliphatic heterocycles. The Balaban J connectivity index is 1.16. The Hall–Kier alpha value is -6.48. The van der Waals surface area contributed by atoms with Gasteiger partial charge in [-0.2, -0.15) is 0 Å². The molecule has 0 amide bonds. The largest absolute Gasteiger partial charge is 0.310 e. The Bertz CT molecular complexity index is 2840. The van der Waals surface area contributed by atoms with Crippen LogP contribution in [0.2, 0.25) is 13.1 Å². The van der Waals surface area contributed by atoms with Crippen LogP contribution in [0.4, 0.5) is 17.1 Å². The Morgan fingerprint density at radius 3 is 1.65 bits per heavy atom. The second-order valence-electron chi connectivity index (χ2n) is 14.9. The molecule has 0 saturated heterocycles. The molecule has 0 N–H and O–H groups in total. The van der Waals surface area contributed by atoms with Crippen LogP contribution in [-0.2, 0) is 0 Å². The van der Waals surface area contributed by atoms with Crippen molar-refractivity contribution < 1.29 is 0 Å². The average Bonchev–Trinajstić information content (AvgIpc) is 3.48. The highest BCUT2D eigenvalue weighted by Gasteiger charge is 2.38. The molecule has 9 aromatic rings. The van der Waals surface area contributed by atoms with E-state index in [1.807, 2.05) is 0 Å². The lowest BCUT2D eigenvalue weighted by molar-refractivity contribution is 1.29. The van der Waals surface area contributed by atoms with E-state index in [2.05, 4.69) is 218 Å². The lowest BCUT2D eigenvalue weighted by Crippen LogP contribution is -2.49. The third kappa shape index (κ3) is 5.30. The van der Waals surface area contributed by atoms with E-state index in [-0.39, 0.29) is 0 Å². The number of benzene rings is 9. The predicted octanol–water partition coefficient (Wildman–Crippen LogP) is 13.3. The van der Waals surface area contributed by atoms with Crippen molar-refractivity contribution in [1.29, 1.82) is 0 Å². The van der Waals surface area contributed by atoms with E-state index in [1.54, 1.807) is 0 Å². The van der Waals surface area contributed by atoms with Crippen molar-refractivity contribution in [2.75, 3.05) is 4.90 Å². The van der Waals surface area contributed by atoms with E-state index in [4.69, 9.17) is 0 Å². The molecule has 2 heteroatoms. The van der Waals surface area contributed by atoms with Gasteiger partial charge in [0.05, 0.1) is 0 Å². The molecule has 0 fully saturated rings. The standard InChI is InChI=1S/C52H39NSi/c1-54(2)50-22-12-11-20-47(50)52-46(21-13-23-51(52)54)39-26-29-41(30-27-39)53(42-31-28-40-25-24-38-18-9-10-19-44(38)49(40)34-42)43-32-33-45(36-14-5-3-6-15-36)48(35-43)37-16-7-4-8-17-37/h3-35H,1-2H3. The van der Waals surface area contributed by atoms with Crippen LogP contribution in [0.1, 0.15) is 0 Å². The summed E-state index contributed by atoms with van der Waals surface area (Å²) in [7, 11) is -1.78. The molecule has 1 heterocycles. The van der Waals surface area contributed by atoms with E-state index in [0.29, 0.717) is 0 Å². The summed E-state index contributed by atoms with van der Waals surface area (Å²) < 4.78 is 0. The Morgan fingerprint density at radius 2 is 0.870 bits per heavy atom. The van der Waals surface area contributed by atoms with Crippen LogP contribution in [0.15, 0.2) is 200 Å². The summed E-state index contributed by atoms with van der Waals surface area (Å²) in [5.41, 5.74) is 13.6. The fourth-order valence-electron chi connectivity index (χ4n) is 8.76. The predicted molar refractivity (Wildman–Crippen MR) is 235 cm³/mol. The van der Waals surface area contributed by atoms with Crippen molar-refractivity contribution >= 4 is 57.1 Å². The maximum absolute atomic E-state index is 2.49. The lowest BCUT2D eigenvalue weighted by Gasteiger charge is -2.27. The summed E-state index contributed by atoms with van der Waals surface area (Å²) in [6, 6.07) is 73.8. The van der Waals surface area contributed by atoms with Gasteiger partial charge in [-0.05, 0) is 113 Å². The first-order valence-electron chi connectivity index (χ1n) is 18.8. The van der Waals surface area contributed by atoms with Gasteiger partial charge in [0.1, 0.15) is 8.07 Å². The average molecular weight is 706 g/mol. The van der Waals surface area contributed by atoms with Crippen LogP contribution in [0.3, 0.4) is 0 Å². The van der Waals surface area contributed by atoms with Crippen LogP contribution in [0, 0.1) is 0 Å². The van der Waals surface area contributed by atoms with Gasteiger partial charge in [0.2, 0.25) is 0 Å². The quantitative estimate of drug-likeness (QED) is 0.123. The van der Waals surface area contributed by atoms with Gasteiger partial charge >= 0.3 is 0 Å². The first-order valence-corrected chi connectivity index (χ1v) is 21.8. The zero-order valence-electron chi connectivity index (χ0n) is 30.5. The number of rotatable bonds is 6. The highest BCUT2D eigenvalue weighted by atomic mass is 28.3. The van der Waals surface area contributed by atoms with Crippen LogP contribution in [0.25, 0.3) is 66.1 Å². The van der Waals surface area contributed by atoms with Crippen molar-refractivity contribution in [3.63, 3.8) is 0 Å². The molecule has 1 aliphatic rings. The van der Waals surface area contributed by atoms with E-state index < -0.39 is 8.07 Å². The second-order valence-corrected chi connectivity index (χ2v) is 19.3. The van der Waals surface area contributed by atoms with Crippen molar-refractivity contribution in [2.24, 2.45) is 0 Å². The SMILES string of the molecule is C[Si]1(C)c2ccccc2-c2c(-c3ccc(N(c4ccc(-c5ccccc5)c(-c5ccccc5)c4)c4ccc5ccc6ccccc6c5c4)cc3)cccc21. The highest BCUT2D eigenvalue weighted by molar-refractivity contribution is 7.04. The summed E-state index contributed by atoms with van der Waals surface area (Å²) in [5, 5.41) is 8.07. The fourth-order valence-corrected chi connectivity index (χ4v) is 11.9. The van der Waals surface area contributed by atoms with Crippen LogP contribution in [-0.4, -0.2) is 8.07 Å². The molecule has 0 spiro atoms. The molecule has 0 atom stereocenters. The van der Waals surface area contributed by atoms with Crippen LogP contribution in [0.5, 0.6) is 0 Å². The van der Waals surface area contributed by atoms with E-state index in [1.165, 1.54) is 76.4 Å². The molecular formula is C52H39NSi. The van der Waals surface area contributed by atoms with Crippen molar-refractivity contribution in [3.05, 3.63) is 200 Å². The third-order valence-electron chi connectivity index (χ3n) is 11.5. The number of nitrogens with zero attached hydrogens (tertiary/aromatic N) is 1. The number of hydrogen-bond acceptors (Lipinski definition) is 1. The fraction of sp³-hybridized carbons (Fsp3) is 0.0385. The Morgan fingerprint density at radius 1 is 0.333 bits per heavy atom. The van der Waals surface area contributed by atoms with Gasteiger partial charge in [0.25, 0.3) is 0 Å². The smallest absolute Gasteiger partial charge is 0.113 e. The van der Waals surface area contributed by atoms with Gasteiger partial charge in [-0.1, -0.05) is 177 Å². The Labute approximate surface area is 318 Å². The van der Waals surface area contributed by atoms with Gasteiger partial charge in [-0.25, -0.2) is 0 Å². The normalized spacial score (nSPS) is 12.8. The lowest BCUT2D eigenvalue weighted by atomic mass is 9.93. The summed E-state index contributed by atoms with van der Waals surface area (Å²) in [6.45, 7) is 4.98. The maximum atomic E-state index is 2.49. The van der Waals surface area contributed by atoms with E-state index >= 15 is 0 Å². The molecule has 10 rings (SSSR count). The molecular weight excluding hydrogens is 667 g/mol. The molecule has 0 saturated carbocycles. The molecule has 0 radical (unpaired) electrons. The summed E-state index contributed by atoms with van der Waals surface area (Å²) in [4.78, 5) is 2.42. The maximum Gasteiger partial charge on any atom is 0.113 e. The molecule has 0 unspecified atom stereocenters. The number of fused-ring (bicyclic) bond motifs is 6. The molecule has 0 bridgehead atoms. The van der Waals surface area contributed by atoms with Crippen LogP contribution < -0.4 is 15.3 Å². The van der Waals surface area contributed by atoms with Crippen molar-refractivity contribution in [1.82, 2.24) is 0 Å². The molecule has 9 aromatic carbocycles. The number of hydrogen-bond donors (Lipinski definition) is 0. The first-order chi connectivity index (χ1) is 26.5. The molecule has 1 nitrogen and oxygen atoms in total. The zero-order valence-corrected chi connectivity index (χ0v) is 31.5. The summed E-state index contributed by atoms with van der Waals surface area (Å²) in [5.74, 6) is 0. The Kier molecular flexibility index (Phi) is 7.67. The highest BCUT2D eigenvalue weighted by Crippen LogP contribution is 2.43. The minimum atomic E-state index is -1.78. The first kappa shape index (κ1) is 32.2. The van der Waals surface area contributed by atoms with Gasteiger partial charge < -0.3 is 4.90 Å². The summed E-state index contributed by atoms with van der Waals surface area (Å²) >= 11 is 0. The molecule has 0 aromatic heterocycles. The third-order valence-corrected chi connectivity index (χ3v) is 15.0. The van der Waals surface area contributed by atoms with Crippen LogP contribution >= 0.6 is 0 Å². The molecule has 256 valence electrons. The van der Waals surface area contributed by atoms with Gasteiger partial charge in [0, 0.05) is 17.1 Å². The zero-order chi connectivity index (χ0) is 36.2. The van der Waals surface area contributed by atoms with Crippen molar-refractivity contribution in [2.45, 2.75) is 13.1 Å². The second kappa shape index (κ2) is 12.9.